The molecule has 1 unspecified atom stereocenters. The van der Waals surface area contributed by atoms with Crippen LogP contribution in [0.4, 0.5) is 4.39 Å². The molecule has 1 aliphatic heterocycles. The fourth-order valence-electron chi connectivity index (χ4n) is 3.68. The Hall–Kier alpha value is -2.07. The first-order valence-corrected chi connectivity index (χ1v) is 9.19. The SMILES string of the molecule is CCC(C)C1=[N+](Cc2ccccc2F)CCc2cc(OC)c(OC)cc21.[Cl-]. The Morgan fingerprint density at radius 3 is 2.41 bits per heavy atom. The zero-order valence-electron chi connectivity index (χ0n) is 16.4. The van der Waals surface area contributed by atoms with Gasteiger partial charge >= 0.3 is 0 Å². The summed E-state index contributed by atoms with van der Waals surface area (Å²) in [7, 11) is 3.32. The Balaban J connectivity index is 0.00000261. The second-order valence-electron chi connectivity index (χ2n) is 6.82. The van der Waals surface area contributed by atoms with E-state index in [9.17, 15) is 4.39 Å². The molecule has 27 heavy (non-hydrogen) atoms. The lowest BCUT2D eigenvalue weighted by Crippen LogP contribution is -3.00. The second kappa shape index (κ2) is 9.23. The van der Waals surface area contributed by atoms with Crippen LogP contribution in [-0.4, -0.2) is 31.1 Å². The highest BCUT2D eigenvalue weighted by Gasteiger charge is 2.31. The number of ether oxygens (including phenoxy) is 2. The highest BCUT2D eigenvalue weighted by molar-refractivity contribution is 6.00. The van der Waals surface area contributed by atoms with E-state index in [4.69, 9.17) is 9.47 Å². The van der Waals surface area contributed by atoms with Gasteiger partial charge in [-0.05, 0) is 36.2 Å². The van der Waals surface area contributed by atoms with Crippen LogP contribution in [0.5, 0.6) is 11.5 Å². The molecule has 1 heterocycles. The van der Waals surface area contributed by atoms with E-state index >= 15 is 0 Å². The van der Waals surface area contributed by atoms with Crippen LogP contribution in [0.2, 0.25) is 0 Å². The predicted octanol–water partition coefficient (Wildman–Crippen LogP) is 1.45. The van der Waals surface area contributed by atoms with Crippen LogP contribution < -0.4 is 21.9 Å². The van der Waals surface area contributed by atoms with Gasteiger partial charge in [0.1, 0.15) is 12.4 Å². The van der Waals surface area contributed by atoms with E-state index in [2.05, 4.69) is 30.6 Å². The highest BCUT2D eigenvalue weighted by Crippen LogP contribution is 2.34. The van der Waals surface area contributed by atoms with E-state index < -0.39 is 0 Å². The van der Waals surface area contributed by atoms with Crippen molar-refractivity contribution in [3.63, 3.8) is 0 Å². The van der Waals surface area contributed by atoms with Gasteiger partial charge in [-0.1, -0.05) is 26.0 Å². The molecule has 3 nitrogen and oxygen atoms in total. The minimum atomic E-state index is -0.144. The topological polar surface area (TPSA) is 21.5 Å². The monoisotopic (exact) mass is 391 g/mol. The summed E-state index contributed by atoms with van der Waals surface area (Å²) >= 11 is 0. The quantitative estimate of drug-likeness (QED) is 0.695. The van der Waals surface area contributed by atoms with Gasteiger partial charge in [-0.15, -0.1) is 0 Å². The summed E-state index contributed by atoms with van der Waals surface area (Å²) in [4.78, 5) is 0. The van der Waals surface area contributed by atoms with Crippen molar-refractivity contribution in [2.45, 2.75) is 33.2 Å². The van der Waals surface area contributed by atoms with Crippen LogP contribution in [0.15, 0.2) is 36.4 Å². The summed E-state index contributed by atoms with van der Waals surface area (Å²) in [6.07, 6.45) is 1.93. The predicted molar refractivity (Wildman–Crippen MR) is 102 cm³/mol. The van der Waals surface area contributed by atoms with Gasteiger partial charge in [0.2, 0.25) is 0 Å². The van der Waals surface area contributed by atoms with Crippen molar-refractivity contribution in [3.05, 3.63) is 58.9 Å². The van der Waals surface area contributed by atoms with Gasteiger partial charge < -0.3 is 21.9 Å². The fraction of sp³-hybridized carbons (Fsp3) is 0.409. The number of rotatable bonds is 6. The van der Waals surface area contributed by atoms with Crippen molar-refractivity contribution >= 4 is 5.71 Å². The molecular weight excluding hydrogens is 365 g/mol. The molecule has 0 radical (unpaired) electrons. The molecular formula is C22H27ClFNO2. The normalized spacial score (nSPS) is 14.3. The van der Waals surface area contributed by atoms with Crippen molar-refractivity contribution in [3.8, 4) is 11.5 Å². The van der Waals surface area contributed by atoms with Crippen LogP contribution >= 0.6 is 0 Å². The molecule has 2 aromatic rings. The second-order valence-corrected chi connectivity index (χ2v) is 6.82. The molecule has 0 spiro atoms. The van der Waals surface area contributed by atoms with Gasteiger partial charge in [-0.25, -0.2) is 8.97 Å². The van der Waals surface area contributed by atoms with Gasteiger partial charge in [-0.2, -0.15) is 0 Å². The van der Waals surface area contributed by atoms with E-state index in [1.54, 1.807) is 20.3 Å². The summed E-state index contributed by atoms with van der Waals surface area (Å²) < 4.78 is 27.5. The first-order valence-electron chi connectivity index (χ1n) is 9.19. The molecule has 0 fully saturated rings. The molecule has 0 aliphatic carbocycles. The third kappa shape index (κ3) is 4.27. The summed E-state index contributed by atoms with van der Waals surface area (Å²) in [6, 6.07) is 11.2. The Bertz CT molecular complexity index is 835. The maximum absolute atomic E-state index is 14.2. The summed E-state index contributed by atoms with van der Waals surface area (Å²) in [5, 5.41) is 0. The smallest absolute Gasteiger partial charge is 0.186 e. The first-order chi connectivity index (χ1) is 12.6. The molecule has 0 bridgehead atoms. The van der Waals surface area contributed by atoms with Crippen LogP contribution in [0.3, 0.4) is 0 Å². The van der Waals surface area contributed by atoms with Crippen molar-refractivity contribution < 1.29 is 30.8 Å². The number of benzene rings is 2. The standard InChI is InChI=1S/C22H27FNO2.ClH/c1-5-15(2)22-18-13-21(26-4)20(25-3)12-16(18)10-11-24(22)14-17-8-6-7-9-19(17)23;/h6-9,12-13,15H,5,10-11,14H2,1-4H3;1H/q+1;/p-1. The van der Waals surface area contributed by atoms with E-state index in [0.717, 1.165) is 36.4 Å². The number of fused-ring (bicyclic) bond motifs is 1. The minimum Gasteiger partial charge on any atom is -1.00 e. The zero-order chi connectivity index (χ0) is 18.7. The van der Waals surface area contributed by atoms with Gasteiger partial charge in [0.15, 0.2) is 23.8 Å². The summed E-state index contributed by atoms with van der Waals surface area (Å²) in [5.74, 6) is 1.73. The van der Waals surface area contributed by atoms with Gasteiger partial charge in [-0.3, -0.25) is 0 Å². The molecule has 2 aromatic carbocycles. The molecule has 0 saturated carbocycles. The molecule has 5 heteroatoms. The Morgan fingerprint density at radius 2 is 1.78 bits per heavy atom. The Labute approximate surface area is 167 Å². The molecule has 146 valence electrons. The Kier molecular flexibility index (Phi) is 7.25. The van der Waals surface area contributed by atoms with E-state index in [0.29, 0.717) is 12.5 Å². The lowest BCUT2D eigenvalue weighted by Gasteiger charge is -2.23. The molecule has 0 amide bonds. The average Bonchev–Trinajstić information content (AvgIpc) is 2.67. The van der Waals surface area contributed by atoms with Crippen molar-refractivity contribution in [1.29, 1.82) is 0 Å². The van der Waals surface area contributed by atoms with Crippen molar-refractivity contribution in [1.82, 2.24) is 0 Å². The van der Waals surface area contributed by atoms with Crippen LogP contribution in [0, 0.1) is 11.7 Å². The molecule has 0 saturated heterocycles. The molecule has 3 rings (SSSR count). The molecule has 0 aromatic heterocycles. The number of nitrogens with zero attached hydrogens (tertiary/aromatic N) is 1. The fourth-order valence-corrected chi connectivity index (χ4v) is 3.68. The van der Waals surface area contributed by atoms with Crippen LogP contribution in [0.25, 0.3) is 0 Å². The molecule has 1 atom stereocenters. The molecule has 0 N–H and O–H groups in total. The van der Waals surface area contributed by atoms with Crippen LogP contribution in [-0.2, 0) is 13.0 Å². The summed E-state index contributed by atoms with van der Waals surface area (Å²) in [6.45, 7) is 5.88. The number of hydrogen-bond donors (Lipinski definition) is 0. The maximum Gasteiger partial charge on any atom is 0.186 e. The van der Waals surface area contributed by atoms with Crippen LogP contribution in [0.1, 0.15) is 37.0 Å². The van der Waals surface area contributed by atoms with Gasteiger partial charge in [0.25, 0.3) is 0 Å². The zero-order valence-corrected chi connectivity index (χ0v) is 17.1. The van der Waals surface area contributed by atoms with E-state index in [1.807, 2.05) is 12.1 Å². The molecule has 1 aliphatic rings. The largest absolute Gasteiger partial charge is 1.00 e. The van der Waals surface area contributed by atoms with Gasteiger partial charge in [0.05, 0.1) is 19.8 Å². The summed E-state index contributed by atoms with van der Waals surface area (Å²) in [5.41, 5.74) is 4.46. The van der Waals surface area contributed by atoms with Gasteiger partial charge in [0, 0.05) is 17.9 Å². The number of hydrogen-bond acceptors (Lipinski definition) is 2. The number of halogens is 2. The van der Waals surface area contributed by atoms with Crippen molar-refractivity contribution in [2.75, 3.05) is 20.8 Å². The third-order valence-corrected chi connectivity index (χ3v) is 5.28. The van der Waals surface area contributed by atoms with Crippen molar-refractivity contribution in [2.24, 2.45) is 5.92 Å². The van der Waals surface area contributed by atoms with E-state index in [-0.39, 0.29) is 18.2 Å². The highest BCUT2D eigenvalue weighted by atomic mass is 35.5. The lowest BCUT2D eigenvalue weighted by molar-refractivity contribution is -0.547. The van der Waals surface area contributed by atoms with E-state index in [1.165, 1.54) is 22.9 Å². The number of methoxy groups -OCH3 is 2. The maximum atomic E-state index is 14.2. The average molecular weight is 392 g/mol. The first kappa shape index (κ1) is 21.2. The lowest BCUT2D eigenvalue weighted by atomic mass is 9.88. The Morgan fingerprint density at radius 1 is 1.11 bits per heavy atom. The minimum absolute atomic E-state index is 0. The third-order valence-electron chi connectivity index (χ3n) is 5.28.